The van der Waals surface area contributed by atoms with Crippen LogP contribution in [0, 0.1) is 5.95 Å². The molecule has 0 radical (unpaired) electrons. The van der Waals surface area contributed by atoms with E-state index in [2.05, 4.69) is 5.10 Å². The van der Waals surface area contributed by atoms with Crippen LogP contribution in [0.1, 0.15) is 5.56 Å². The summed E-state index contributed by atoms with van der Waals surface area (Å²) in [6.45, 7) is 0. The Morgan fingerprint density at radius 1 is 1.91 bits per heavy atom. The molecule has 5 heteroatoms. The Balaban J connectivity index is 2.87. The van der Waals surface area contributed by atoms with Crippen LogP contribution in [-0.2, 0) is 18.3 Å². The topological polar surface area (TPSA) is 55.1 Å². The van der Waals surface area contributed by atoms with Crippen LogP contribution in [-0.4, -0.2) is 20.9 Å². The molecule has 0 aliphatic carbocycles. The number of carbonyl (C=O) groups is 1. The number of hydrogen-bond acceptors (Lipinski definition) is 2. The predicted octanol–water partition coefficient (Wildman–Crippen LogP) is 0.186. The predicted molar refractivity (Wildman–Crippen MR) is 34.5 cm³/mol. The Morgan fingerprint density at radius 3 is 2.91 bits per heavy atom. The first kappa shape index (κ1) is 7.71. The molecule has 11 heavy (non-hydrogen) atoms. The minimum Gasteiger partial charge on any atom is -0.481 e. The lowest BCUT2D eigenvalue weighted by molar-refractivity contribution is -0.136. The normalized spacial score (nSPS) is 10.0. The van der Waals surface area contributed by atoms with Gasteiger partial charge in [0.05, 0.1) is 12.6 Å². The highest BCUT2D eigenvalue weighted by molar-refractivity contribution is 5.69. The van der Waals surface area contributed by atoms with Gasteiger partial charge in [0.1, 0.15) is 0 Å². The smallest absolute Gasteiger partial charge is 0.308 e. The molecule has 0 aliphatic heterocycles. The fourth-order valence-electron chi connectivity index (χ4n) is 0.750. The maximum absolute atomic E-state index is 12.8. The van der Waals surface area contributed by atoms with E-state index in [0.717, 1.165) is 4.68 Å². The van der Waals surface area contributed by atoms with Gasteiger partial charge in [0.25, 0.3) is 0 Å². The monoisotopic (exact) mass is 158 g/mol. The molecule has 0 unspecified atom stereocenters. The van der Waals surface area contributed by atoms with Crippen molar-refractivity contribution in [3.8, 4) is 0 Å². The van der Waals surface area contributed by atoms with E-state index < -0.39 is 11.9 Å². The Hall–Kier alpha value is -1.39. The van der Waals surface area contributed by atoms with E-state index in [1.54, 1.807) is 0 Å². The third kappa shape index (κ3) is 1.54. The van der Waals surface area contributed by atoms with E-state index in [-0.39, 0.29) is 12.0 Å². The minimum absolute atomic E-state index is 0.111. The van der Waals surface area contributed by atoms with Crippen LogP contribution >= 0.6 is 0 Å². The molecule has 1 N–H and O–H groups in total. The molecule has 1 aromatic heterocycles. The van der Waals surface area contributed by atoms with E-state index in [1.165, 1.54) is 13.2 Å². The summed E-state index contributed by atoms with van der Waals surface area (Å²) in [5, 5.41) is 11.8. The summed E-state index contributed by atoms with van der Waals surface area (Å²) in [6.07, 6.45) is 0.892. The van der Waals surface area contributed by atoms with Crippen LogP contribution in [0.4, 0.5) is 4.39 Å². The van der Waals surface area contributed by atoms with Gasteiger partial charge in [-0.15, -0.1) is 0 Å². The van der Waals surface area contributed by atoms with Crippen LogP contribution in [0.25, 0.3) is 0 Å². The van der Waals surface area contributed by atoms with Gasteiger partial charge in [-0.1, -0.05) is 0 Å². The number of carboxylic acid groups (broad SMARTS) is 1. The van der Waals surface area contributed by atoms with Gasteiger partial charge in [0.2, 0.25) is 5.95 Å². The molecule has 0 saturated heterocycles. The number of aromatic nitrogens is 2. The molecule has 4 nitrogen and oxygen atoms in total. The first-order valence-corrected chi connectivity index (χ1v) is 2.99. The molecule has 1 heterocycles. The molecule has 1 rings (SSSR count). The molecule has 0 saturated carbocycles. The van der Waals surface area contributed by atoms with E-state index >= 15 is 0 Å². The Morgan fingerprint density at radius 2 is 2.55 bits per heavy atom. The van der Waals surface area contributed by atoms with Gasteiger partial charge in [-0.25, -0.2) is 4.68 Å². The third-order valence-electron chi connectivity index (χ3n) is 1.28. The van der Waals surface area contributed by atoms with E-state index in [0.29, 0.717) is 0 Å². The summed E-state index contributed by atoms with van der Waals surface area (Å²) in [7, 11) is 1.42. The molecule has 0 amide bonds. The summed E-state index contributed by atoms with van der Waals surface area (Å²) in [5.74, 6) is -1.65. The van der Waals surface area contributed by atoms with Gasteiger partial charge in [-0.05, 0) is 0 Å². The fraction of sp³-hybridized carbons (Fsp3) is 0.333. The second-order valence-electron chi connectivity index (χ2n) is 2.15. The zero-order valence-electron chi connectivity index (χ0n) is 5.91. The van der Waals surface area contributed by atoms with Gasteiger partial charge >= 0.3 is 5.97 Å². The lowest BCUT2D eigenvalue weighted by Crippen LogP contribution is -2.02. The molecular weight excluding hydrogens is 151 g/mol. The van der Waals surface area contributed by atoms with Crippen molar-refractivity contribution < 1.29 is 14.3 Å². The van der Waals surface area contributed by atoms with Crippen LogP contribution in [0.5, 0.6) is 0 Å². The van der Waals surface area contributed by atoms with E-state index in [9.17, 15) is 9.18 Å². The SMILES string of the molecule is Cn1ncc(CC(=O)O)c1F. The largest absolute Gasteiger partial charge is 0.481 e. The number of aliphatic carboxylic acids is 1. The highest BCUT2D eigenvalue weighted by Gasteiger charge is 2.10. The van der Waals surface area contributed by atoms with Gasteiger partial charge in [-0.2, -0.15) is 9.49 Å². The van der Waals surface area contributed by atoms with E-state index in [1.807, 2.05) is 0 Å². The molecule has 0 aromatic carbocycles. The lowest BCUT2D eigenvalue weighted by atomic mass is 10.2. The van der Waals surface area contributed by atoms with Gasteiger partial charge in [-0.3, -0.25) is 4.79 Å². The maximum Gasteiger partial charge on any atom is 0.308 e. The van der Waals surface area contributed by atoms with Gasteiger partial charge in [0.15, 0.2) is 0 Å². The summed E-state index contributed by atoms with van der Waals surface area (Å²) < 4.78 is 13.8. The average molecular weight is 158 g/mol. The first-order valence-electron chi connectivity index (χ1n) is 2.99. The lowest BCUT2D eigenvalue weighted by Gasteiger charge is -1.91. The van der Waals surface area contributed by atoms with Crippen molar-refractivity contribution in [3.63, 3.8) is 0 Å². The van der Waals surface area contributed by atoms with Crippen molar-refractivity contribution in [3.05, 3.63) is 17.7 Å². The maximum atomic E-state index is 12.8. The molecular formula is C6H7FN2O2. The summed E-state index contributed by atoms with van der Waals surface area (Å²) in [6, 6.07) is 0. The van der Waals surface area contributed by atoms with Crippen molar-refractivity contribution in [2.45, 2.75) is 6.42 Å². The van der Waals surface area contributed by atoms with E-state index in [4.69, 9.17) is 5.11 Å². The number of rotatable bonds is 2. The zero-order chi connectivity index (χ0) is 8.43. The molecule has 0 atom stereocenters. The van der Waals surface area contributed by atoms with Crippen LogP contribution in [0.3, 0.4) is 0 Å². The van der Waals surface area contributed by atoms with Crippen molar-refractivity contribution in [2.75, 3.05) is 0 Å². The summed E-state index contributed by atoms with van der Waals surface area (Å²) in [4.78, 5) is 10.1. The fourth-order valence-corrected chi connectivity index (χ4v) is 0.750. The molecule has 0 fully saturated rings. The number of nitrogens with zero attached hydrogens (tertiary/aromatic N) is 2. The highest BCUT2D eigenvalue weighted by Crippen LogP contribution is 2.04. The molecule has 60 valence electrons. The van der Waals surface area contributed by atoms with Crippen molar-refractivity contribution in [2.24, 2.45) is 7.05 Å². The number of halogens is 1. The van der Waals surface area contributed by atoms with Crippen molar-refractivity contribution >= 4 is 5.97 Å². The standard InChI is InChI=1S/C6H7FN2O2/c1-9-6(7)4(3-8-9)2-5(10)11/h3H,2H2,1H3,(H,10,11). The second kappa shape index (κ2) is 2.69. The quantitative estimate of drug-likeness (QED) is 0.668. The Labute approximate surface area is 62.3 Å². The Kier molecular flexibility index (Phi) is 1.89. The molecule has 0 aliphatic rings. The Bertz CT molecular complexity index is 282. The molecule has 1 aromatic rings. The third-order valence-corrected chi connectivity index (χ3v) is 1.28. The minimum atomic E-state index is -1.06. The highest BCUT2D eigenvalue weighted by atomic mass is 19.1. The van der Waals surface area contributed by atoms with Crippen LogP contribution < -0.4 is 0 Å². The molecule has 0 spiro atoms. The van der Waals surface area contributed by atoms with Crippen LogP contribution in [0.15, 0.2) is 6.20 Å². The first-order chi connectivity index (χ1) is 5.11. The summed E-state index contributed by atoms with van der Waals surface area (Å²) >= 11 is 0. The number of hydrogen-bond donors (Lipinski definition) is 1. The van der Waals surface area contributed by atoms with Crippen LogP contribution in [0.2, 0.25) is 0 Å². The average Bonchev–Trinajstić information content (AvgIpc) is 2.18. The van der Waals surface area contributed by atoms with Gasteiger partial charge in [0, 0.05) is 12.6 Å². The second-order valence-corrected chi connectivity index (χ2v) is 2.15. The zero-order valence-corrected chi connectivity index (χ0v) is 5.91. The van der Waals surface area contributed by atoms with Gasteiger partial charge < -0.3 is 5.11 Å². The summed E-state index contributed by atoms with van der Waals surface area (Å²) in [5.41, 5.74) is 0.111. The number of aryl methyl sites for hydroxylation is 1. The number of carboxylic acids is 1. The van der Waals surface area contributed by atoms with Crippen molar-refractivity contribution in [1.82, 2.24) is 9.78 Å². The molecule has 0 bridgehead atoms. The van der Waals surface area contributed by atoms with Crippen molar-refractivity contribution in [1.29, 1.82) is 0 Å².